The van der Waals surface area contributed by atoms with Crippen LogP contribution in [-0.2, 0) is 9.47 Å². The first-order valence-electron chi connectivity index (χ1n) is 8.95. The maximum Gasteiger partial charge on any atom is 0.318 e. The molecule has 2 aliphatic rings. The zero-order chi connectivity index (χ0) is 17.9. The normalized spacial score (nSPS) is 24.8. The zero-order valence-electron chi connectivity index (χ0n) is 15.3. The van der Waals surface area contributed by atoms with E-state index in [2.05, 4.69) is 11.4 Å². The number of carbonyl (C=O) groups excluding carboxylic acids is 1. The largest absolute Gasteiger partial charge is 0.496 e. The van der Waals surface area contributed by atoms with Crippen molar-refractivity contribution in [2.75, 3.05) is 40.0 Å². The summed E-state index contributed by atoms with van der Waals surface area (Å²) in [4.78, 5) is 14.6. The minimum absolute atomic E-state index is 0.0655. The van der Waals surface area contributed by atoms with Gasteiger partial charge in [-0.25, -0.2) is 4.79 Å². The molecule has 2 aliphatic heterocycles. The van der Waals surface area contributed by atoms with Gasteiger partial charge in [0.25, 0.3) is 0 Å². The van der Waals surface area contributed by atoms with Gasteiger partial charge >= 0.3 is 6.03 Å². The minimum Gasteiger partial charge on any atom is -0.496 e. The third-order valence-corrected chi connectivity index (χ3v) is 5.01. The van der Waals surface area contributed by atoms with Gasteiger partial charge in [0.05, 0.1) is 32.9 Å². The Morgan fingerprint density at radius 1 is 1.40 bits per heavy atom. The lowest BCUT2D eigenvalue weighted by molar-refractivity contribution is -0.160. The Bertz CT molecular complexity index is 608. The van der Waals surface area contributed by atoms with E-state index in [1.54, 1.807) is 7.11 Å². The van der Waals surface area contributed by atoms with Crippen molar-refractivity contribution in [3.05, 3.63) is 29.3 Å². The molecule has 0 radical (unpaired) electrons. The van der Waals surface area contributed by atoms with Crippen LogP contribution in [0.15, 0.2) is 18.2 Å². The minimum atomic E-state index is -0.335. The Morgan fingerprint density at radius 2 is 2.24 bits per heavy atom. The molecule has 0 aliphatic carbocycles. The molecule has 2 saturated heterocycles. The number of methoxy groups -OCH3 is 1. The summed E-state index contributed by atoms with van der Waals surface area (Å²) in [6, 6.07) is 5.80. The molecule has 0 aromatic heterocycles. The van der Waals surface area contributed by atoms with Gasteiger partial charge in [0.1, 0.15) is 11.4 Å². The van der Waals surface area contributed by atoms with Gasteiger partial charge in [0.15, 0.2) is 0 Å². The zero-order valence-corrected chi connectivity index (χ0v) is 15.3. The third-order valence-electron chi connectivity index (χ3n) is 5.01. The Balaban J connectivity index is 1.66. The molecule has 1 aromatic rings. The van der Waals surface area contributed by atoms with Gasteiger partial charge in [0.2, 0.25) is 0 Å². The smallest absolute Gasteiger partial charge is 0.318 e. The van der Waals surface area contributed by atoms with Gasteiger partial charge in [-0.2, -0.15) is 0 Å². The summed E-state index contributed by atoms with van der Waals surface area (Å²) in [7, 11) is 1.65. The first-order chi connectivity index (χ1) is 12.0. The molecule has 3 rings (SSSR count). The second kappa shape index (κ2) is 7.62. The molecule has 6 heteroatoms. The highest BCUT2D eigenvalue weighted by molar-refractivity contribution is 5.75. The average Bonchev–Trinajstić information content (AvgIpc) is 2.62. The first-order valence-corrected chi connectivity index (χ1v) is 8.95. The molecule has 1 spiro atoms. The summed E-state index contributed by atoms with van der Waals surface area (Å²) < 4.78 is 17.0. The third kappa shape index (κ3) is 4.07. The molecule has 2 heterocycles. The lowest BCUT2D eigenvalue weighted by atomic mass is 9.94. The summed E-state index contributed by atoms with van der Waals surface area (Å²) in [6.45, 7) is 7.10. The summed E-state index contributed by atoms with van der Waals surface area (Å²) in [5.41, 5.74) is 1.79. The van der Waals surface area contributed by atoms with Crippen molar-refractivity contribution in [3.8, 4) is 5.75 Å². The van der Waals surface area contributed by atoms with Crippen LogP contribution >= 0.6 is 0 Å². The predicted octanol–water partition coefficient (Wildman–Crippen LogP) is 2.66. The first kappa shape index (κ1) is 18.0. The summed E-state index contributed by atoms with van der Waals surface area (Å²) in [6.07, 6.45) is 1.92. The number of aryl methyl sites for hydroxylation is 1. The lowest BCUT2D eigenvalue weighted by Gasteiger charge is -2.44. The van der Waals surface area contributed by atoms with Crippen molar-refractivity contribution in [1.29, 1.82) is 0 Å². The highest BCUT2D eigenvalue weighted by Crippen LogP contribution is 2.29. The van der Waals surface area contributed by atoms with Gasteiger partial charge in [-0.05, 0) is 32.8 Å². The van der Waals surface area contributed by atoms with Crippen LogP contribution in [0.4, 0.5) is 4.79 Å². The number of amides is 2. The lowest BCUT2D eigenvalue weighted by Crippen LogP contribution is -2.59. The van der Waals surface area contributed by atoms with Crippen molar-refractivity contribution in [3.63, 3.8) is 0 Å². The number of nitrogens with one attached hydrogen (secondary N) is 1. The number of nitrogens with zero attached hydrogens (tertiary/aromatic N) is 1. The van der Waals surface area contributed by atoms with E-state index >= 15 is 0 Å². The number of hydrogen-bond donors (Lipinski definition) is 1. The highest BCUT2D eigenvalue weighted by Gasteiger charge is 2.40. The molecular weight excluding hydrogens is 320 g/mol. The molecule has 6 nitrogen and oxygen atoms in total. The number of urea groups is 1. The van der Waals surface area contributed by atoms with Gasteiger partial charge in [0, 0.05) is 18.7 Å². The maximum atomic E-state index is 12.8. The number of rotatable bonds is 3. The predicted molar refractivity (Wildman–Crippen MR) is 95.0 cm³/mol. The Kier molecular flexibility index (Phi) is 5.49. The average molecular weight is 348 g/mol. The van der Waals surface area contributed by atoms with Crippen molar-refractivity contribution in [1.82, 2.24) is 10.2 Å². The molecule has 1 unspecified atom stereocenters. The van der Waals surface area contributed by atoms with Crippen LogP contribution in [0.3, 0.4) is 0 Å². The van der Waals surface area contributed by atoms with E-state index in [9.17, 15) is 4.79 Å². The molecule has 1 aromatic carbocycles. The van der Waals surface area contributed by atoms with E-state index in [1.807, 2.05) is 30.9 Å². The Labute approximate surface area is 149 Å². The molecule has 2 fully saturated rings. The molecule has 25 heavy (non-hydrogen) atoms. The van der Waals surface area contributed by atoms with Gasteiger partial charge in [-0.3, -0.25) is 0 Å². The second-order valence-corrected chi connectivity index (χ2v) is 7.03. The molecular formula is C19H28N2O4. The monoisotopic (exact) mass is 348 g/mol. The van der Waals surface area contributed by atoms with Crippen LogP contribution in [-0.4, -0.2) is 56.6 Å². The Morgan fingerprint density at radius 3 is 2.96 bits per heavy atom. The fraction of sp³-hybridized carbons (Fsp3) is 0.632. The van der Waals surface area contributed by atoms with Crippen LogP contribution in [0.1, 0.15) is 36.9 Å². The second-order valence-electron chi connectivity index (χ2n) is 7.03. The van der Waals surface area contributed by atoms with Crippen LogP contribution in [0.2, 0.25) is 0 Å². The van der Waals surface area contributed by atoms with Crippen LogP contribution in [0.5, 0.6) is 5.75 Å². The number of hydrogen-bond acceptors (Lipinski definition) is 4. The summed E-state index contributed by atoms with van der Waals surface area (Å²) in [5.74, 6) is 0.789. The summed E-state index contributed by atoms with van der Waals surface area (Å²) in [5, 5.41) is 3.10. The maximum absolute atomic E-state index is 12.8. The van der Waals surface area contributed by atoms with E-state index in [0.717, 1.165) is 36.3 Å². The number of morpholine rings is 1. The van der Waals surface area contributed by atoms with Crippen molar-refractivity contribution in [2.24, 2.45) is 0 Å². The van der Waals surface area contributed by atoms with Crippen molar-refractivity contribution < 1.29 is 19.0 Å². The van der Waals surface area contributed by atoms with Gasteiger partial charge in [-0.15, -0.1) is 0 Å². The molecule has 0 bridgehead atoms. The SMILES string of the molecule is COc1ccc(C)cc1[C@@H](C)NC(=O)N1CCOC2(CCCOC2)C1. The Hall–Kier alpha value is -1.79. The summed E-state index contributed by atoms with van der Waals surface area (Å²) >= 11 is 0. The van der Waals surface area contributed by atoms with E-state index in [0.29, 0.717) is 26.3 Å². The van der Waals surface area contributed by atoms with Crippen LogP contribution in [0, 0.1) is 6.92 Å². The van der Waals surface area contributed by atoms with Crippen molar-refractivity contribution in [2.45, 2.75) is 38.3 Å². The highest BCUT2D eigenvalue weighted by atomic mass is 16.5. The van der Waals surface area contributed by atoms with Crippen LogP contribution < -0.4 is 10.1 Å². The van der Waals surface area contributed by atoms with Crippen LogP contribution in [0.25, 0.3) is 0 Å². The number of ether oxygens (including phenoxy) is 3. The van der Waals surface area contributed by atoms with Gasteiger partial charge < -0.3 is 24.4 Å². The quantitative estimate of drug-likeness (QED) is 0.912. The van der Waals surface area contributed by atoms with E-state index in [-0.39, 0.29) is 17.7 Å². The van der Waals surface area contributed by atoms with E-state index < -0.39 is 0 Å². The molecule has 2 amide bonds. The molecule has 138 valence electrons. The number of carbonyl (C=O) groups is 1. The van der Waals surface area contributed by atoms with Gasteiger partial charge in [-0.1, -0.05) is 17.7 Å². The standard InChI is InChI=1S/C19H28N2O4/c1-14-5-6-17(23-3)16(11-14)15(2)20-18(22)21-8-10-25-19(12-21)7-4-9-24-13-19/h5-6,11,15H,4,7-10,12-13H2,1-3H3,(H,20,22)/t15-,19?/m1/s1. The topological polar surface area (TPSA) is 60.0 Å². The molecule has 0 saturated carbocycles. The van der Waals surface area contributed by atoms with Crippen molar-refractivity contribution >= 4 is 6.03 Å². The molecule has 1 N–H and O–H groups in total. The van der Waals surface area contributed by atoms with E-state index in [4.69, 9.17) is 14.2 Å². The fourth-order valence-electron chi connectivity index (χ4n) is 3.63. The molecule has 2 atom stereocenters. The fourth-order valence-corrected chi connectivity index (χ4v) is 3.63. The van der Waals surface area contributed by atoms with E-state index in [1.165, 1.54) is 0 Å². The number of benzene rings is 1.